The molecule has 1 fully saturated rings. The van der Waals surface area contributed by atoms with E-state index >= 15 is 0 Å². The van der Waals surface area contributed by atoms with Crippen LogP contribution in [-0.4, -0.2) is 39.9 Å². The van der Waals surface area contributed by atoms with Crippen LogP contribution in [0.5, 0.6) is 17.2 Å². The summed E-state index contributed by atoms with van der Waals surface area (Å²) >= 11 is 0. The molecule has 1 aliphatic heterocycles. The summed E-state index contributed by atoms with van der Waals surface area (Å²) in [6, 6.07) is 15.6. The van der Waals surface area contributed by atoms with E-state index in [9.17, 15) is 0 Å². The van der Waals surface area contributed by atoms with Crippen LogP contribution in [0.15, 0.2) is 54.9 Å². The van der Waals surface area contributed by atoms with Crippen molar-refractivity contribution in [1.29, 1.82) is 0 Å². The highest BCUT2D eigenvalue weighted by atomic mass is 16.5. The number of aromatic nitrogens is 4. The first-order valence-corrected chi connectivity index (χ1v) is 10.3. The van der Waals surface area contributed by atoms with Crippen molar-refractivity contribution in [3.8, 4) is 28.5 Å². The molecule has 1 aliphatic rings. The van der Waals surface area contributed by atoms with Gasteiger partial charge in [0.15, 0.2) is 5.65 Å². The lowest BCUT2D eigenvalue weighted by atomic mass is 10.1. The number of nitrogens with zero attached hydrogens (tertiary/aromatic N) is 4. The van der Waals surface area contributed by atoms with Gasteiger partial charge in [-0.05, 0) is 55.8 Å². The number of nitrogens with two attached hydrogens (primary N) is 1. The highest BCUT2D eigenvalue weighted by Gasteiger charge is 2.23. The zero-order valence-corrected chi connectivity index (χ0v) is 17.3. The van der Waals surface area contributed by atoms with Gasteiger partial charge in [-0.1, -0.05) is 6.07 Å². The second kappa shape index (κ2) is 8.23. The molecule has 4 aromatic rings. The third-order valence-corrected chi connectivity index (χ3v) is 5.54. The second-order valence-electron chi connectivity index (χ2n) is 7.56. The van der Waals surface area contributed by atoms with Crippen LogP contribution >= 0.6 is 0 Å². The Balaban J connectivity index is 1.49. The Morgan fingerprint density at radius 3 is 2.68 bits per heavy atom. The number of piperidine rings is 1. The number of methoxy groups -OCH3 is 1. The molecule has 8 heteroatoms. The van der Waals surface area contributed by atoms with Gasteiger partial charge in [0.25, 0.3) is 0 Å². The Morgan fingerprint density at radius 1 is 1.06 bits per heavy atom. The number of nitrogens with one attached hydrogen (secondary N) is 1. The van der Waals surface area contributed by atoms with E-state index in [0.29, 0.717) is 11.6 Å². The van der Waals surface area contributed by atoms with E-state index in [-0.39, 0.29) is 6.04 Å². The van der Waals surface area contributed by atoms with Crippen molar-refractivity contribution in [3.63, 3.8) is 0 Å². The Bertz CT molecular complexity index is 1200. The zero-order chi connectivity index (χ0) is 21.2. The average molecular weight is 416 g/mol. The predicted octanol–water partition coefficient (Wildman–Crippen LogP) is 3.80. The molecule has 2 aromatic carbocycles. The molecule has 5 rings (SSSR count). The molecule has 1 unspecified atom stereocenters. The molecule has 0 aliphatic carbocycles. The second-order valence-corrected chi connectivity index (χ2v) is 7.56. The summed E-state index contributed by atoms with van der Waals surface area (Å²) in [5, 5.41) is 9.14. The molecule has 1 saturated heterocycles. The molecular weight excluding hydrogens is 392 g/mol. The molecule has 0 saturated carbocycles. The van der Waals surface area contributed by atoms with Gasteiger partial charge in [-0.2, -0.15) is 5.10 Å². The fourth-order valence-electron chi connectivity index (χ4n) is 3.98. The fourth-order valence-corrected chi connectivity index (χ4v) is 3.98. The number of hydrogen-bond acceptors (Lipinski definition) is 7. The predicted molar refractivity (Wildman–Crippen MR) is 119 cm³/mol. The average Bonchev–Trinajstić information content (AvgIpc) is 3.21. The first-order chi connectivity index (χ1) is 15.2. The fraction of sp³-hybridized carbons (Fsp3) is 0.261. The number of nitrogen functional groups attached to an aromatic ring is 1. The summed E-state index contributed by atoms with van der Waals surface area (Å²) in [6.45, 7) is 1.90. The number of hydrogen-bond donors (Lipinski definition) is 2. The lowest BCUT2D eigenvalue weighted by Gasteiger charge is -2.23. The van der Waals surface area contributed by atoms with E-state index in [4.69, 9.17) is 20.3 Å². The van der Waals surface area contributed by atoms with Gasteiger partial charge in [-0.3, -0.25) is 0 Å². The van der Waals surface area contributed by atoms with Crippen LogP contribution < -0.4 is 20.5 Å². The van der Waals surface area contributed by atoms with Crippen molar-refractivity contribution >= 4 is 16.9 Å². The lowest BCUT2D eigenvalue weighted by Crippen LogP contribution is -2.32. The van der Waals surface area contributed by atoms with E-state index in [1.807, 2.05) is 53.2 Å². The molecule has 2 aromatic heterocycles. The number of rotatable bonds is 5. The first-order valence-electron chi connectivity index (χ1n) is 10.3. The summed E-state index contributed by atoms with van der Waals surface area (Å²) in [4.78, 5) is 8.70. The minimum absolute atomic E-state index is 0.245. The van der Waals surface area contributed by atoms with Crippen LogP contribution in [0.4, 0.5) is 5.82 Å². The van der Waals surface area contributed by atoms with Crippen LogP contribution in [0.25, 0.3) is 22.3 Å². The highest BCUT2D eigenvalue weighted by molar-refractivity contribution is 5.98. The molecule has 31 heavy (non-hydrogen) atoms. The minimum atomic E-state index is 0.245. The summed E-state index contributed by atoms with van der Waals surface area (Å²) in [6.07, 6.45) is 3.67. The zero-order valence-electron chi connectivity index (χ0n) is 17.3. The van der Waals surface area contributed by atoms with Crippen LogP contribution in [0.1, 0.15) is 18.9 Å². The van der Waals surface area contributed by atoms with Crippen molar-refractivity contribution in [2.24, 2.45) is 0 Å². The van der Waals surface area contributed by atoms with Crippen molar-refractivity contribution in [2.45, 2.75) is 18.9 Å². The van der Waals surface area contributed by atoms with Gasteiger partial charge in [0.1, 0.15) is 35.1 Å². The molecule has 3 N–H and O–H groups in total. The van der Waals surface area contributed by atoms with Crippen LogP contribution in [-0.2, 0) is 0 Å². The maximum Gasteiger partial charge on any atom is 0.164 e. The first kappa shape index (κ1) is 19.3. The highest BCUT2D eigenvalue weighted by Crippen LogP contribution is 2.34. The van der Waals surface area contributed by atoms with Crippen molar-refractivity contribution < 1.29 is 9.47 Å². The molecule has 158 valence electrons. The van der Waals surface area contributed by atoms with E-state index in [1.165, 1.54) is 6.33 Å². The van der Waals surface area contributed by atoms with Crippen molar-refractivity contribution in [1.82, 2.24) is 25.1 Å². The van der Waals surface area contributed by atoms with Gasteiger partial charge in [0.2, 0.25) is 0 Å². The topological polar surface area (TPSA) is 100 Å². The SMILES string of the molecule is COc1cccc(Oc2ccc(-c3nn(C4CCCNC4)c4ncnc(N)c34)cc2)c1. The van der Waals surface area contributed by atoms with E-state index in [1.54, 1.807) is 7.11 Å². The smallest absolute Gasteiger partial charge is 0.164 e. The molecule has 0 spiro atoms. The third kappa shape index (κ3) is 3.77. The van der Waals surface area contributed by atoms with Gasteiger partial charge < -0.3 is 20.5 Å². The molecule has 3 heterocycles. The van der Waals surface area contributed by atoms with Gasteiger partial charge >= 0.3 is 0 Å². The molecule has 0 amide bonds. The summed E-state index contributed by atoms with van der Waals surface area (Å²) in [5.74, 6) is 2.62. The molecular formula is C23H24N6O2. The number of benzene rings is 2. The maximum absolute atomic E-state index is 6.24. The van der Waals surface area contributed by atoms with Crippen molar-refractivity contribution in [3.05, 3.63) is 54.9 Å². The molecule has 0 radical (unpaired) electrons. The Labute approximate surface area is 180 Å². The van der Waals surface area contributed by atoms with E-state index in [0.717, 1.165) is 59.7 Å². The monoisotopic (exact) mass is 416 g/mol. The van der Waals surface area contributed by atoms with E-state index < -0.39 is 0 Å². The molecule has 8 nitrogen and oxygen atoms in total. The van der Waals surface area contributed by atoms with Crippen molar-refractivity contribution in [2.75, 3.05) is 25.9 Å². The third-order valence-electron chi connectivity index (χ3n) is 5.54. The largest absolute Gasteiger partial charge is 0.497 e. The van der Waals surface area contributed by atoms with Gasteiger partial charge in [-0.25, -0.2) is 14.6 Å². The van der Waals surface area contributed by atoms with Crippen LogP contribution in [0, 0.1) is 0 Å². The minimum Gasteiger partial charge on any atom is -0.497 e. The van der Waals surface area contributed by atoms with Gasteiger partial charge in [0, 0.05) is 18.2 Å². The Hall–Kier alpha value is -3.65. The summed E-state index contributed by atoms with van der Waals surface area (Å²) in [5.41, 5.74) is 8.73. The van der Waals surface area contributed by atoms with Gasteiger partial charge in [0.05, 0.1) is 18.5 Å². The van der Waals surface area contributed by atoms with Crippen LogP contribution in [0.2, 0.25) is 0 Å². The maximum atomic E-state index is 6.24. The summed E-state index contributed by atoms with van der Waals surface area (Å²) < 4.78 is 13.2. The molecule has 1 atom stereocenters. The van der Waals surface area contributed by atoms with E-state index in [2.05, 4.69) is 15.3 Å². The number of anilines is 1. The lowest BCUT2D eigenvalue weighted by molar-refractivity contribution is 0.354. The normalized spacial score (nSPS) is 16.4. The van der Waals surface area contributed by atoms with Gasteiger partial charge in [-0.15, -0.1) is 0 Å². The molecule has 0 bridgehead atoms. The Kier molecular flexibility index (Phi) is 5.13. The standard InChI is InChI=1S/C23H24N6O2/c1-30-18-5-2-6-19(12-18)31-17-9-7-15(8-10-17)21-20-22(24)26-14-27-23(20)29(28-21)16-4-3-11-25-13-16/h2,5-10,12,14,16,25H,3-4,11,13H2,1H3,(H2,24,26,27). The Morgan fingerprint density at radius 2 is 1.90 bits per heavy atom. The number of ether oxygens (including phenoxy) is 2. The summed E-state index contributed by atoms with van der Waals surface area (Å²) in [7, 11) is 1.64. The quantitative estimate of drug-likeness (QED) is 0.510. The number of fused-ring (bicyclic) bond motifs is 1. The van der Waals surface area contributed by atoms with Crippen LogP contribution in [0.3, 0.4) is 0 Å².